The monoisotopic (exact) mass is 460 g/mol. The molecule has 0 bridgehead atoms. The van der Waals surface area contributed by atoms with Crippen molar-refractivity contribution in [1.82, 2.24) is 19.9 Å². The van der Waals surface area contributed by atoms with Crippen LogP contribution < -0.4 is 10.6 Å². The van der Waals surface area contributed by atoms with E-state index in [9.17, 15) is 18.0 Å². The summed E-state index contributed by atoms with van der Waals surface area (Å²) in [6.07, 6.45) is 1.23. The average molecular weight is 461 g/mol. The number of nitrogens with one attached hydrogen (secondary N) is 2. The Labute approximate surface area is 188 Å². The Kier molecular flexibility index (Phi) is 7.60. The van der Waals surface area contributed by atoms with E-state index in [1.807, 2.05) is 19.1 Å². The van der Waals surface area contributed by atoms with Crippen molar-refractivity contribution in [2.24, 2.45) is 0 Å². The molecule has 1 aliphatic heterocycles. The quantitative estimate of drug-likeness (QED) is 0.625. The molecule has 9 nitrogen and oxygen atoms in total. The molecule has 172 valence electrons. The Morgan fingerprint density at radius 1 is 1.12 bits per heavy atom. The fourth-order valence-electron chi connectivity index (χ4n) is 3.81. The van der Waals surface area contributed by atoms with Crippen LogP contribution in [0.15, 0.2) is 41.4 Å². The fourth-order valence-corrected chi connectivity index (χ4v) is 5.79. The van der Waals surface area contributed by atoms with E-state index in [1.54, 1.807) is 38.2 Å². The van der Waals surface area contributed by atoms with E-state index in [4.69, 9.17) is 4.74 Å². The molecule has 3 rings (SSSR count). The number of amides is 2. The molecule has 2 heterocycles. The van der Waals surface area contributed by atoms with E-state index < -0.39 is 28.1 Å². The number of hydrogen-bond donors (Lipinski definition) is 2. The van der Waals surface area contributed by atoms with E-state index in [0.29, 0.717) is 29.8 Å². The molecule has 1 atom stereocenters. The van der Waals surface area contributed by atoms with Gasteiger partial charge in [-0.1, -0.05) is 23.8 Å². The first-order valence-corrected chi connectivity index (χ1v) is 11.8. The first-order valence-electron chi connectivity index (χ1n) is 10.4. The molecule has 0 spiro atoms. The van der Waals surface area contributed by atoms with Crippen LogP contribution in [0.25, 0.3) is 0 Å². The van der Waals surface area contributed by atoms with E-state index >= 15 is 0 Å². The number of benzene rings is 1. The molecule has 2 amide bonds. The Bertz CT molecular complexity index is 1070. The Morgan fingerprint density at radius 2 is 1.81 bits per heavy atom. The number of pyridine rings is 1. The summed E-state index contributed by atoms with van der Waals surface area (Å²) in [5.41, 5.74) is 2.91. The van der Waals surface area contributed by atoms with E-state index in [-0.39, 0.29) is 24.5 Å². The second-order valence-corrected chi connectivity index (χ2v) is 9.56. The summed E-state index contributed by atoms with van der Waals surface area (Å²) in [5, 5.41) is 4.97. The number of carbonyl (C=O) groups is 2. The van der Waals surface area contributed by atoms with Crippen LogP contribution in [0.1, 0.15) is 28.8 Å². The summed E-state index contributed by atoms with van der Waals surface area (Å²) in [4.78, 5) is 28.6. The van der Waals surface area contributed by atoms with Crippen molar-refractivity contribution in [3.05, 3.63) is 58.9 Å². The molecule has 0 aliphatic carbocycles. The maximum atomic E-state index is 13.4. The van der Waals surface area contributed by atoms with Gasteiger partial charge in [0.2, 0.25) is 10.0 Å². The van der Waals surface area contributed by atoms with Gasteiger partial charge in [0.25, 0.3) is 0 Å². The molecule has 0 radical (unpaired) electrons. The first-order chi connectivity index (χ1) is 15.2. The zero-order chi connectivity index (χ0) is 23.3. The van der Waals surface area contributed by atoms with Gasteiger partial charge in [-0.25, -0.2) is 8.42 Å². The van der Waals surface area contributed by atoms with Crippen LogP contribution >= 0.6 is 0 Å². The van der Waals surface area contributed by atoms with Crippen LogP contribution in [0.2, 0.25) is 0 Å². The van der Waals surface area contributed by atoms with Crippen LogP contribution in [0.5, 0.6) is 0 Å². The Hall–Kier alpha value is -2.82. The molecule has 0 unspecified atom stereocenters. The molecular formula is C22H28N4O5S. The number of ether oxygens (including phenoxy) is 1. The van der Waals surface area contributed by atoms with E-state index in [0.717, 1.165) is 5.56 Å². The SMILES string of the molecule is Cc1cc(C)c(S(=O)(=O)N2CCCO[C@@H]2CNC(=O)C(=O)NCc2ccccn2)c(C)c1. The van der Waals surface area contributed by atoms with Gasteiger partial charge in [0, 0.05) is 12.7 Å². The molecule has 1 aromatic carbocycles. The summed E-state index contributed by atoms with van der Waals surface area (Å²) in [7, 11) is -3.86. The second-order valence-electron chi connectivity index (χ2n) is 7.74. The molecule has 1 aliphatic rings. The summed E-state index contributed by atoms with van der Waals surface area (Å²) < 4.78 is 33.8. The normalized spacial score (nSPS) is 17.0. The van der Waals surface area contributed by atoms with Crippen molar-refractivity contribution < 1.29 is 22.7 Å². The average Bonchev–Trinajstić information content (AvgIpc) is 2.75. The summed E-state index contributed by atoms with van der Waals surface area (Å²) >= 11 is 0. The van der Waals surface area contributed by atoms with Crippen LogP contribution in [-0.2, 0) is 30.9 Å². The highest BCUT2D eigenvalue weighted by Crippen LogP contribution is 2.28. The number of aryl methyl sites for hydroxylation is 3. The first kappa shape index (κ1) is 23.8. The molecule has 1 fully saturated rings. The van der Waals surface area contributed by atoms with Gasteiger partial charge in [0.15, 0.2) is 0 Å². The van der Waals surface area contributed by atoms with Crippen molar-refractivity contribution in [2.75, 3.05) is 19.7 Å². The Balaban J connectivity index is 1.66. The van der Waals surface area contributed by atoms with Gasteiger partial charge in [-0.05, 0) is 50.5 Å². The number of aromatic nitrogens is 1. The smallest absolute Gasteiger partial charge is 0.309 e. The number of rotatable bonds is 6. The van der Waals surface area contributed by atoms with Crippen molar-refractivity contribution in [3.63, 3.8) is 0 Å². The maximum Gasteiger partial charge on any atom is 0.309 e. The lowest BCUT2D eigenvalue weighted by Gasteiger charge is -2.35. The third-order valence-electron chi connectivity index (χ3n) is 5.13. The second kappa shape index (κ2) is 10.2. The number of hydrogen-bond acceptors (Lipinski definition) is 6. The topological polar surface area (TPSA) is 118 Å². The lowest BCUT2D eigenvalue weighted by molar-refractivity contribution is -0.140. The molecule has 32 heavy (non-hydrogen) atoms. The molecule has 2 aromatic rings. The van der Waals surface area contributed by atoms with Crippen molar-refractivity contribution >= 4 is 21.8 Å². The molecular weight excluding hydrogens is 432 g/mol. The minimum atomic E-state index is -3.86. The fraction of sp³-hybridized carbons (Fsp3) is 0.409. The molecule has 1 aromatic heterocycles. The van der Waals surface area contributed by atoms with Crippen LogP contribution in [-0.4, -0.2) is 55.4 Å². The standard InChI is InChI=1S/C22H28N4O5S/c1-15-11-16(2)20(17(3)12-15)32(29,30)26-9-6-10-31-19(26)14-25-22(28)21(27)24-13-18-7-4-5-8-23-18/h4-5,7-8,11-12,19H,6,9-10,13-14H2,1-3H3,(H,24,27)(H,25,28)/t19-/m1/s1. The van der Waals surface area contributed by atoms with Crippen molar-refractivity contribution in [3.8, 4) is 0 Å². The van der Waals surface area contributed by atoms with Crippen LogP contribution in [0.3, 0.4) is 0 Å². The lowest BCUT2D eigenvalue weighted by Crippen LogP contribution is -2.53. The molecule has 10 heteroatoms. The van der Waals surface area contributed by atoms with Crippen molar-refractivity contribution in [1.29, 1.82) is 0 Å². The largest absolute Gasteiger partial charge is 0.360 e. The van der Waals surface area contributed by atoms with Crippen LogP contribution in [0, 0.1) is 20.8 Å². The number of sulfonamides is 1. The molecule has 1 saturated heterocycles. The third kappa shape index (κ3) is 5.50. The van der Waals surface area contributed by atoms with Gasteiger partial charge < -0.3 is 15.4 Å². The summed E-state index contributed by atoms with van der Waals surface area (Å²) in [6.45, 7) is 6.04. The van der Waals surface area contributed by atoms with Gasteiger partial charge in [0.1, 0.15) is 6.23 Å². The highest BCUT2D eigenvalue weighted by atomic mass is 32.2. The summed E-state index contributed by atoms with van der Waals surface area (Å²) in [6, 6.07) is 8.91. The highest BCUT2D eigenvalue weighted by Gasteiger charge is 2.36. The van der Waals surface area contributed by atoms with E-state index in [2.05, 4.69) is 15.6 Å². The predicted octanol–water partition coefficient (Wildman–Crippen LogP) is 1.18. The minimum absolute atomic E-state index is 0.111. The van der Waals surface area contributed by atoms with E-state index in [1.165, 1.54) is 4.31 Å². The maximum absolute atomic E-state index is 13.4. The molecule has 2 N–H and O–H groups in total. The minimum Gasteiger partial charge on any atom is -0.360 e. The van der Waals surface area contributed by atoms with Gasteiger partial charge in [0.05, 0.1) is 30.3 Å². The lowest BCUT2D eigenvalue weighted by atomic mass is 10.1. The highest BCUT2D eigenvalue weighted by molar-refractivity contribution is 7.89. The predicted molar refractivity (Wildman–Crippen MR) is 118 cm³/mol. The van der Waals surface area contributed by atoms with Gasteiger partial charge in [-0.3, -0.25) is 14.6 Å². The molecule has 0 saturated carbocycles. The number of carbonyl (C=O) groups excluding carboxylic acids is 2. The zero-order valence-electron chi connectivity index (χ0n) is 18.4. The van der Waals surface area contributed by atoms with Gasteiger partial charge in [-0.15, -0.1) is 0 Å². The zero-order valence-corrected chi connectivity index (χ0v) is 19.2. The van der Waals surface area contributed by atoms with Crippen LogP contribution in [0.4, 0.5) is 0 Å². The van der Waals surface area contributed by atoms with Gasteiger partial charge in [-0.2, -0.15) is 4.31 Å². The summed E-state index contributed by atoms with van der Waals surface area (Å²) in [5.74, 6) is -1.69. The number of nitrogens with zero attached hydrogens (tertiary/aromatic N) is 2. The Morgan fingerprint density at radius 3 is 2.47 bits per heavy atom. The van der Waals surface area contributed by atoms with Crippen molar-refractivity contribution in [2.45, 2.75) is 44.9 Å². The van der Waals surface area contributed by atoms with Gasteiger partial charge >= 0.3 is 11.8 Å². The third-order valence-corrected chi connectivity index (χ3v) is 7.32.